The lowest BCUT2D eigenvalue weighted by Crippen LogP contribution is -2.50. The molecule has 32 heavy (non-hydrogen) atoms. The van der Waals surface area contributed by atoms with Crippen molar-refractivity contribution < 1.29 is 18.8 Å². The third-order valence-corrected chi connectivity index (χ3v) is 5.86. The van der Waals surface area contributed by atoms with Gasteiger partial charge >= 0.3 is 0 Å². The summed E-state index contributed by atoms with van der Waals surface area (Å²) in [6.07, 6.45) is 5.28. The maximum Gasteiger partial charge on any atom is 0.255 e. The average Bonchev–Trinajstić information content (AvgIpc) is 3.61. The third-order valence-electron chi connectivity index (χ3n) is 5.54. The topological polar surface area (TPSA) is 69.7 Å². The first-order valence-electron chi connectivity index (χ1n) is 10.5. The highest BCUT2D eigenvalue weighted by atomic mass is 35.5. The van der Waals surface area contributed by atoms with Gasteiger partial charge in [0.25, 0.3) is 11.8 Å². The maximum atomic E-state index is 13.2. The van der Waals surface area contributed by atoms with E-state index in [1.54, 1.807) is 40.1 Å². The van der Waals surface area contributed by atoms with E-state index in [4.69, 9.17) is 11.6 Å². The normalized spacial score (nSPS) is 16.3. The molecule has 1 heterocycles. The highest BCUT2D eigenvalue weighted by Gasteiger charge is 2.25. The Kier molecular flexibility index (Phi) is 6.55. The van der Waals surface area contributed by atoms with Gasteiger partial charge in [0, 0.05) is 43.9 Å². The van der Waals surface area contributed by atoms with Gasteiger partial charge in [-0.3, -0.25) is 14.4 Å². The first kappa shape index (κ1) is 22.0. The lowest BCUT2D eigenvalue weighted by Gasteiger charge is -2.34. The van der Waals surface area contributed by atoms with Crippen LogP contribution >= 0.6 is 11.6 Å². The quantitative estimate of drug-likeness (QED) is 0.703. The van der Waals surface area contributed by atoms with Crippen molar-refractivity contribution >= 4 is 35.4 Å². The van der Waals surface area contributed by atoms with Crippen molar-refractivity contribution in [2.45, 2.75) is 18.9 Å². The van der Waals surface area contributed by atoms with Crippen LogP contribution in [0.1, 0.15) is 39.1 Å². The Morgan fingerprint density at radius 3 is 2.25 bits per heavy atom. The molecule has 1 saturated heterocycles. The summed E-state index contributed by atoms with van der Waals surface area (Å²) in [5.74, 6) is -0.991. The van der Waals surface area contributed by atoms with Gasteiger partial charge in [-0.05, 0) is 54.8 Å². The molecular weight excluding hydrogens is 433 g/mol. The zero-order chi connectivity index (χ0) is 22.7. The molecule has 166 valence electrons. The fourth-order valence-electron chi connectivity index (χ4n) is 3.48. The van der Waals surface area contributed by atoms with Crippen LogP contribution in [0.3, 0.4) is 0 Å². The van der Waals surface area contributed by atoms with Crippen molar-refractivity contribution in [3.05, 3.63) is 76.1 Å². The molecule has 2 aromatic rings. The van der Waals surface area contributed by atoms with Crippen LogP contribution in [0.5, 0.6) is 0 Å². The van der Waals surface area contributed by atoms with Crippen molar-refractivity contribution in [2.24, 2.45) is 0 Å². The fraction of sp³-hybridized carbons (Fsp3) is 0.292. The summed E-state index contributed by atoms with van der Waals surface area (Å²) in [6, 6.07) is 11.1. The van der Waals surface area contributed by atoms with Crippen LogP contribution in [-0.4, -0.2) is 59.7 Å². The SMILES string of the molecule is O=C(NC1CC1)c1ccc(/C=C/C(=O)N2CCN(C(=O)c3ccc(F)cc3Cl)CC2)cc1. The molecule has 3 amide bonds. The van der Waals surface area contributed by atoms with Crippen molar-refractivity contribution in [3.8, 4) is 0 Å². The van der Waals surface area contributed by atoms with Crippen molar-refractivity contribution in [1.29, 1.82) is 0 Å². The summed E-state index contributed by atoms with van der Waals surface area (Å²) >= 11 is 5.99. The van der Waals surface area contributed by atoms with Gasteiger partial charge in [0.1, 0.15) is 5.82 Å². The number of hydrogen-bond acceptors (Lipinski definition) is 3. The molecule has 4 rings (SSSR count). The van der Waals surface area contributed by atoms with Crippen LogP contribution in [-0.2, 0) is 4.79 Å². The van der Waals surface area contributed by atoms with Gasteiger partial charge in [-0.2, -0.15) is 0 Å². The van der Waals surface area contributed by atoms with Crippen LogP contribution in [0.4, 0.5) is 4.39 Å². The molecular formula is C24H23ClFN3O3. The number of carbonyl (C=O) groups is 3. The van der Waals surface area contributed by atoms with Crippen LogP contribution < -0.4 is 5.32 Å². The number of hydrogen-bond donors (Lipinski definition) is 1. The highest BCUT2D eigenvalue weighted by molar-refractivity contribution is 6.33. The lowest BCUT2D eigenvalue weighted by molar-refractivity contribution is -0.127. The summed E-state index contributed by atoms with van der Waals surface area (Å²) < 4.78 is 13.2. The van der Waals surface area contributed by atoms with Crippen molar-refractivity contribution in [2.75, 3.05) is 26.2 Å². The molecule has 2 aromatic carbocycles. The molecule has 8 heteroatoms. The number of halogens is 2. The molecule has 2 fully saturated rings. The Labute approximate surface area is 190 Å². The zero-order valence-corrected chi connectivity index (χ0v) is 18.1. The molecule has 1 aliphatic heterocycles. The van der Waals surface area contributed by atoms with E-state index in [1.165, 1.54) is 18.2 Å². The zero-order valence-electron chi connectivity index (χ0n) is 17.4. The van der Waals surface area contributed by atoms with E-state index in [-0.39, 0.29) is 28.3 Å². The van der Waals surface area contributed by atoms with Gasteiger partial charge in [-0.15, -0.1) is 0 Å². The molecule has 0 bridgehead atoms. The van der Waals surface area contributed by atoms with Gasteiger partial charge in [0.15, 0.2) is 0 Å². The molecule has 1 saturated carbocycles. The van der Waals surface area contributed by atoms with E-state index < -0.39 is 5.82 Å². The fourth-order valence-corrected chi connectivity index (χ4v) is 3.73. The van der Waals surface area contributed by atoms with Gasteiger partial charge in [0.05, 0.1) is 10.6 Å². The van der Waals surface area contributed by atoms with Gasteiger partial charge in [-0.25, -0.2) is 4.39 Å². The molecule has 0 atom stereocenters. The minimum absolute atomic E-state index is 0.0755. The largest absolute Gasteiger partial charge is 0.349 e. The van der Waals surface area contributed by atoms with Crippen molar-refractivity contribution in [3.63, 3.8) is 0 Å². The van der Waals surface area contributed by atoms with Crippen LogP contribution in [0.25, 0.3) is 6.08 Å². The van der Waals surface area contributed by atoms with E-state index in [9.17, 15) is 18.8 Å². The number of nitrogens with zero attached hydrogens (tertiary/aromatic N) is 2. The molecule has 1 aliphatic carbocycles. The highest BCUT2D eigenvalue weighted by Crippen LogP contribution is 2.21. The van der Waals surface area contributed by atoms with Crippen molar-refractivity contribution in [1.82, 2.24) is 15.1 Å². The van der Waals surface area contributed by atoms with E-state index >= 15 is 0 Å². The Balaban J connectivity index is 1.29. The van der Waals surface area contributed by atoms with Crippen LogP contribution in [0, 0.1) is 5.82 Å². The van der Waals surface area contributed by atoms with Gasteiger partial charge in [-0.1, -0.05) is 23.7 Å². The van der Waals surface area contributed by atoms with Gasteiger partial charge < -0.3 is 15.1 Å². The smallest absolute Gasteiger partial charge is 0.255 e. The predicted octanol–water partition coefficient (Wildman–Crippen LogP) is 3.37. The number of rotatable bonds is 5. The Morgan fingerprint density at radius 2 is 1.62 bits per heavy atom. The second kappa shape index (κ2) is 9.53. The standard InChI is InChI=1S/C24H23ClFN3O3/c25-21-15-18(26)6-9-20(21)24(32)29-13-11-28(12-14-29)22(30)10-3-16-1-4-17(5-2-16)23(31)27-19-7-8-19/h1-6,9-10,15,19H,7-8,11-14H2,(H,27,31)/b10-3+. The summed E-state index contributed by atoms with van der Waals surface area (Å²) in [5, 5.41) is 3.02. The van der Waals surface area contributed by atoms with E-state index in [0.29, 0.717) is 37.8 Å². The first-order chi connectivity index (χ1) is 15.4. The van der Waals surface area contributed by atoms with Gasteiger partial charge in [0.2, 0.25) is 5.91 Å². The number of carbonyl (C=O) groups excluding carboxylic acids is 3. The molecule has 6 nitrogen and oxygen atoms in total. The number of nitrogens with one attached hydrogen (secondary N) is 1. The monoisotopic (exact) mass is 455 g/mol. The molecule has 2 aliphatic rings. The average molecular weight is 456 g/mol. The molecule has 0 radical (unpaired) electrons. The Morgan fingerprint density at radius 1 is 0.969 bits per heavy atom. The number of amides is 3. The molecule has 0 aromatic heterocycles. The number of piperazine rings is 1. The Hall–Kier alpha value is -3.19. The molecule has 0 unspecified atom stereocenters. The summed E-state index contributed by atoms with van der Waals surface area (Å²) in [4.78, 5) is 40.5. The minimum Gasteiger partial charge on any atom is -0.349 e. The molecule has 0 spiro atoms. The lowest BCUT2D eigenvalue weighted by atomic mass is 10.1. The van der Waals surface area contributed by atoms with E-state index in [1.807, 2.05) is 0 Å². The van der Waals surface area contributed by atoms with E-state index in [0.717, 1.165) is 24.5 Å². The number of benzene rings is 2. The summed E-state index contributed by atoms with van der Waals surface area (Å²) in [7, 11) is 0. The predicted molar refractivity (Wildman–Crippen MR) is 120 cm³/mol. The van der Waals surface area contributed by atoms with Crippen LogP contribution in [0.15, 0.2) is 48.5 Å². The third kappa shape index (κ3) is 5.34. The maximum absolute atomic E-state index is 13.2. The second-order valence-electron chi connectivity index (χ2n) is 7.94. The van der Waals surface area contributed by atoms with Crippen LogP contribution in [0.2, 0.25) is 5.02 Å². The Bertz CT molecular complexity index is 1060. The summed E-state index contributed by atoms with van der Waals surface area (Å²) in [5.41, 5.74) is 1.67. The van der Waals surface area contributed by atoms with E-state index in [2.05, 4.69) is 5.32 Å². The molecule has 1 N–H and O–H groups in total. The minimum atomic E-state index is -0.495. The first-order valence-corrected chi connectivity index (χ1v) is 10.9. The second-order valence-corrected chi connectivity index (χ2v) is 8.35. The summed E-state index contributed by atoms with van der Waals surface area (Å²) in [6.45, 7) is 1.54.